The van der Waals surface area contributed by atoms with Crippen molar-refractivity contribution < 1.29 is 9.84 Å². The molecule has 0 fully saturated rings. The van der Waals surface area contributed by atoms with Gasteiger partial charge in [0, 0.05) is 18.0 Å². The number of fused-ring (bicyclic) bond motifs is 2. The molecule has 0 amide bonds. The van der Waals surface area contributed by atoms with Crippen molar-refractivity contribution in [2.75, 3.05) is 13.1 Å². The van der Waals surface area contributed by atoms with Crippen LogP contribution in [0.2, 0.25) is 0 Å². The average Bonchev–Trinajstić information content (AvgIpc) is 3.26. The number of benzene rings is 3. The summed E-state index contributed by atoms with van der Waals surface area (Å²) in [5.41, 5.74) is 5.11. The molecule has 1 aliphatic rings. The van der Waals surface area contributed by atoms with E-state index >= 15 is 0 Å². The zero-order chi connectivity index (χ0) is 22.6. The van der Waals surface area contributed by atoms with Crippen molar-refractivity contribution in [2.24, 2.45) is 5.92 Å². The highest BCUT2D eigenvalue weighted by molar-refractivity contribution is 5.87. The van der Waals surface area contributed by atoms with Crippen LogP contribution in [-0.2, 0) is 19.4 Å². The molecule has 0 spiro atoms. The van der Waals surface area contributed by atoms with E-state index in [0.717, 1.165) is 35.9 Å². The molecule has 1 aliphatic carbocycles. The van der Waals surface area contributed by atoms with Gasteiger partial charge >= 0.3 is 0 Å². The quantitative estimate of drug-likeness (QED) is 0.385. The largest absolute Gasteiger partial charge is 0.487 e. The number of aliphatic hydroxyl groups excluding tert-OH is 1. The first kappa shape index (κ1) is 21.4. The minimum Gasteiger partial charge on any atom is -0.487 e. The van der Waals surface area contributed by atoms with Gasteiger partial charge in [0.05, 0.1) is 11.6 Å². The summed E-state index contributed by atoms with van der Waals surface area (Å²) in [5, 5.41) is 15.2. The van der Waals surface area contributed by atoms with E-state index in [-0.39, 0.29) is 5.56 Å². The van der Waals surface area contributed by atoms with Crippen molar-refractivity contribution in [3.63, 3.8) is 0 Å². The fourth-order valence-corrected chi connectivity index (χ4v) is 4.72. The third-order valence-corrected chi connectivity index (χ3v) is 6.39. The predicted molar refractivity (Wildman–Crippen MR) is 131 cm³/mol. The van der Waals surface area contributed by atoms with E-state index in [9.17, 15) is 9.90 Å². The Morgan fingerprint density at radius 3 is 2.42 bits per heavy atom. The predicted octanol–water partition coefficient (Wildman–Crippen LogP) is 4.15. The summed E-state index contributed by atoms with van der Waals surface area (Å²) in [6.07, 6.45) is 1.47. The fourth-order valence-electron chi connectivity index (χ4n) is 4.72. The Balaban J connectivity index is 1.27. The summed E-state index contributed by atoms with van der Waals surface area (Å²) in [7, 11) is 0. The van der Waals surface area contributed by atoms with E-state index in [0.29, 0.717) is 30.3 Å². The summed E-state index contributed by atoms with van der Waals surface area (Å²) in [5.74, 6) is 1.15. The van der Waals surface area contributed by atoms with E-state index in [1.807, 2.05) is 42.5 Å². The summed E-state index contributed by atoms with van der Waals surface area (Å²) in [6.45, 7) is 1.71. The van der Waals surface area contributed by atoms with Gasteiger partial charge in [-0.25, -0.2) is 0 Å². The van der Waals surface area contributed by atoms with Crippen LogP contribution < -0.4 is 15.6 Å². The molecule has 33 heavy (non-hydrogen) atoms. The Morgan fingerprint density at radius 2 is 1.67 bits per heavy atom. The molecule has 1 atom stereocenters. The normalized spacial score (nSPS) is 14.3. The van der Waals surface area contributed by atoms with Crippen LogP contribution in [0, 0.1) is 5.92 Å². The number of hydrogen-bond donors (Lipinski definition) is 3. The maximum atomic E-state index is 12.0. The number of H-pyrrole nitrogens is 1. The van der Waals surface area contributed by atoms with Gasteiger partial charge < -0.3 is 20.1 Å². The molecule has 3 aromatic carbocycles. The highest BCUT2D eigenvalue weighted by Crippen LogP contribution is 2.30. The Kier molecular flexibility index (Phi) is 6.24. The standard InChI is InChI=1S/C28H28N2O3/c31-25(17-29-16-20-14-21-8-4-5-9-22(21)15-20)23-10-12-26(28-24(23)11-13-27(32)30-28)33-18-19-6-2-1-3-7-19/h1-13,20,25,29,31H,14-18H2,(H,30,32)/t25-/m0/s1. The minimum absolute atomic E-state index is 0.197. The van der Waals surface area contributed by atoms with Gasteiger partial charge in [0.2, 0.25) is 5.56 Å². The van der Waals surface area contributed by atoms with Crippen LogP contribution in [0.1, 0.15) is 28.4 Å². The zero-order valence-corrected chi connectivity index (χ0v) is 18.5. The molecule has 5 rings (SSSR count). The van der Waals surface area contributed by atoms with Crippen LogP contribution in [0.3, 0.4) is 0 Å². The lowest BCUT2D eigenvalue weighted by Crippen LogP contribution is -2.28. The first-order valence-corrected chi connectivity index (χ1v) is 11.5. The van der Waals surface area contributed by atoms with E-state index in [1.165, 1.54) is 17.2 Å². The molecule has 0 aliphatic heterocycles. The summed E-state index contributed by atoms with van der Waals surface area (Å²) in [6, 6.07) is 25.5. The maximum Gasteiger partial charge on any atom is 0.248 e. The van der Waals surface area contributed by atoms with Gasteiger partial charge in [-0.05, 0) is 59.7 Å². The number of ether oxygens (including phenoxy) is 1. The average molecular weight is 441 g/mol. The first-order chi connectivity index (χ1) is 16.2. The van der Waals surface area contributed by atoms with Crippen molar-refractivity contribution >= 4 is 10.9 Å². The molecule has 168 valence electrons. The first-order valence-electron chi connectivity index (χ1n) is 11.5. The highest BCUT2D eigenvalue weighted by atomic mass is 16.5. The molecule has 5 heteroatoms. The second-order valence-electron chi connectivity index (χ2n) is 8.76. The van der Waals surface area contributed by atoms with E-state index < -0.39 is 6.10 Å². The summed E-state index contributed by atoms with van der Waals surface area (Å²) >= 11 is 0. The molecule has 0 bridgehead atoms. The zero-order valence-electron chi connectivity index (χ0n) is 18.5. The smallest absolute Gasteiger partial charge is 0.248 e. The van der Waals surface area contributed by atoms with Gasteiger partial charge in [-0.3, -0.25) is 4.79 Å². The van der Waals surface area contributed by atoms with Crippen LogP contribution >= 0.6 is 0 Å². The molecule has 1 heterocycles. The van der Waals surface area contributed by atoms with Crippen LogP contribution in [0.4, 0.5) is 0 Å². The highest BCUT2D eigenvalue weighted by Gasteiger charge is 2.21. The van der Waals surface area contributed by atoms with Crippen LogP contribution in [0.15, 0.2) is 83.7 Å². The van der Waals surface area contributed by atoms with Gasteiger partial charge in [-0.1, -0.05) is 60.7 Å². The lowest BCUT2D eigenvalue weighted by atomic mass is 10.0. The third-order valence-electron chi connectivity index (χ3n) is 6.39. The number of aromatic nitrogens is 1. The number of nitrogens with one attached hydrogen (secondary N) is 2. The molecule has 0 unspecified atom stereocenters. The Labute approximate surface area is 193 Å². The lowest BCUT2D eigenvalue weighted by Gasteiger charge is -2.18. The molecule has 0 saturated heterocycles. The molecule has 0 saturated carbocycles. The second kappa shape index (κ2) is 9.61. The molecular weight excluding hydrogens is 412 g/mol. The molecule has 5 nitrogen and oxygen atoms in total. The fraction of sp³-hybridized carbons (Fsp3) is 0.250. The van der Waals surface area contributed by atoms with Gasteiger partial charge in [0.15, 0.2) is 0 Å². The molecule has 4 aromatic rings. The molecule has 1 aromatic heterocycles. The number of hydrogen-bond acceptors (Lipinski definition) is 4. The van der Waals surface area contributed by atoms with Gasteiger partial charge in [-0.2, -0.15) is 0 Å². The van der Waals surface area contributed by atoms with Crippen molar-refractivity contribution in [2.45, 2.75) is 25.6 Å². The van der Waals surface area contributed by atoms with Crippen LogP contribution in [0.5, 0.6) is 5.75 Å². The Hall–Kier alpha value is -3.41. The van der Waals surface area contributed by atoms with Gasteiger partial charge in [0.1, 0.15) is 12.4 Å². The number of aromatic amines is 1. The molecular formula is C28H28N2O3. The number of pyridine rings is 1. The van der Waals surface area contributed by atoms with E-state index in [4.69, 9.17) is 4.74 Å². The van der Waals surface area contributed by atoms with Crippen molar-refractivity contribution in [3.05, 3.63) is 111 Å². The summed E-state index contributed by atoms with van der Waals surface area (Å²) < 4.78 is 6.01. The second-order valence-corrected chi connectivity index (χ2v) is 8.76. The maximum absolute atomic E-state index is 12.0. The van der Waals surface area contributed by atoms with Crippen molar-refractivity contribution in [3.8, 4) is 5.75 Å². The third kappa shape index (κ3) is 4.85. The number of aliphatic hydroxyl groups is 1. The topological polar surface area (TPSA) is 74.3 Å². The van der Waals surface area contributed by atoms with Crippen molar-refractivity contribution in [1.82, 2.24) is 10.3 Å². The SMILES string of the molecule is O=c1ccc2c([C@@H](O)CNCC3Cc4ccccc4C3)ccc(OCc3ccccc3)c2[nH]1. The van der Waals surface area contributed by atoms with Crippen LogP contribution in [-0.4, -0.2) is 23.2 Å². The van der Waals surface area contributed by atoms with Crippen molar-refractivity contribution in [1.29, 1.82) is 0 Å². The van der Waals surface area contributed by atoms with Crippen LogP contribution in [0.25, 0.3) is 10.9 Å². The minimum atomic E-state index is -0.689. The molecule has 3 N–H and O–H groups in total. The summed E-state index contributed by atoms with van der Waals surface area (Å²) in [4.78, 5) is 14.9. The Morgan fingerprint density at radius 1 is 0.939 bits per heavy atom. The monoisotopic (exact) mass is 440 g/mol. The lowest BCUT2D eigenvalue weighted by molar-refractivity contribution is 0.174. The van der Waals surface area contributed by atoms with Gasteiger partial charge in [0.25, 0.3) is 0 Å². The number of rotatable bonds is 8. The Bertz CT molecular complexity index is 1270. The van der Waals surface area contributed by atoms with Gasteiger partial charge in [-0.15, -0.1) is 0 Å². The van der Waals surface area contributed by atoms with E-state index in [2.05, 4.69) is 34.6 Å². The van der Waals surface area contributed by atoms with E-state index in [1.54, 1.807) is 6.07 Å². The molecule has 0 radical (unpaired) electrons.